The number of aliphatic hydroxyl groups excluding tert-OH is 1. The van der Waals surface area contributed by atoms with Crippen LogP contribution in [0.15, 0.2) is 30.3 Å². The molecule has 238 valence electrons. The third-order valence-corrected chi connectivity index (χ3v) is 8.80. The number of carbonyl (C=O) groups is 3. The van der Waals surface area contributed by atoms with Crippen molar-refractivity contribution < 1.29 is 19.5 Å². The number of benzene rings is 1. The van der Waals surface area contributed by atoms with E-state index in [-0.39, 0.29) is 41.4 Å². The molecule has 1 aromatic carbocycles. The predicted octanol–water partition coefficient (Wildman–Crippen LogP) is 5.79. The van der Waals surface area contributed by atoms with Crippen LogP contribution in [0.4, 0.5) is 0 Å². The predicted molar refractivity (Wildman–Crippen MR) is 171 cm³/mol. The van der Waals surface area contributed by atoms with Crippen molar-refractivity contribution in [2.24, 2.45) is 29.1 Å². The average molecular weight is 586 g/mol. The molecule has 1 saturated carbocycles. The Hall–Kier alpha value is -2.41. The molecule has 1 aromatic rings. The van der Waals surface area contributed by atoms with Gasteiger partial charge in [0.25, 0.3) is 0 Å². The van der Waals surface area contributed by atoms with Crippen LogP contribution in [0.5, 0.6) is 0 Å². The first-order valence-corrected chi connectivity index (χ1v) is 16.4. The van der Waals surface area contributed by atoms with E-state index in [0.717, 1.165) is 37.7 Å². The normalized spacial score (nSPS) is 18.0. The van der Waals surface area contributed by atoms with Gasteiger partial charge in [0.1, 0.15) is 6.04 Å². The van der Waals surface area contributed by atoms with Crippen molar-refractivity contribution in [3.63, 3.8) is 0 Å². The van der Waals surface area contributed by atoms with Crippen LogP contribution >= 0.6 is 0 Å². The van der Waals surface area contributed by atoms with Gasteiger partial charge in [0, 0.05) is 18.9 Å². The summed E-state index contributed by atoms with van der Waals surface area (Å²) in [6, 6.07) is 8.95. The highest BCUT2D eigenvalue weighted by Gasteiger charge is 2.35. The van der Waals surface area contributed by atoms with Crippen molar-refractivity contribution in [1.82, 2.24) is 16.0 Å². The number of hydrogen-bond acceptors (Lipinski definition) is 4. The van der Waals surface area contributed by atoms with Crippen molar-refractivity contribution in [3.05, 3.63) is 35.9 Å². The molecule has 0 saturated heterocycles. The van der Waals surface area contributed by atoms with Gasteiger partial charge in [0.05, 0.1) is 12.1 Å². The summed E-state index contributed by atoms with van der Waals surface area (Å²) in [6.45, 7) is 14.5. The summed E-state index contributed by atoms with van der Waals surface area (Å²) in [5, 5.41) is 20.7. The van der Waals surface area contributed by atoms with Crippen molar-refractivity contribution in [1.29, 1.82) is 0 Å². The second-order valence-corrected chi connectivity index (χ2v) is 14.2. The summed E-state index contributed by atoms with van der Waals surface area (Å²) in [4.78, 5) is 39.8. The first-order valence-electron chi connectivity index (χ1n) is 16.4. The van der Waals surface area contributed by atoms with Crippen LogP contribution in [0.2, 0.25) is 0 Å². The Kier molecular flexibility index (Phi) is 15.0. The van der Waals surface area contributed by atoms with E-state index in [1.807, 2.05) is 78.8 Å². The van der Waals surface area contributed by atoms with Gasteiger partial charge >= 0.3 is 0 Å². The molecule has 5 atom stereocenters. The molecule has 0 aliphatic heterocycles. The van der Waals surface area contributed by atoms with Crippen LogP contribution in [0.3, 0.4) is 0 Å². The van der Waals surface area contributed by atoms with E-state index in [1.54, 1.807) is 0 Å². The molecule has 0 aromatic heterocycles. The van der Waals surface area contributed by atoms with Crippen LogP contribution in [-0.4, -0.2) is 47.6 Å². The summed E-state index contributed by atoms with van der Waals surface area (Å²) in [6.07, 6.45) is 7.80. The van der Waals surface area contributed by atoms with E-state index < -0.39 is 24.1 Å². The lowest BCUT2D eigenvalue weighted by molar-refractivity contribution is -0.134. The zero-order chi connectivity index (χ0) is 31.3. The van der Waals surface area contributed by atoms with Crippen LogP contribution in [0, 0.1) is 29.1 Å². The van der Waals surface area contributed by atoms with E-state index in [9.17, 15) is 19.5 Å². The topological polar surface area (TPSA) is 108 Å². The molecular weight excluding hydrogens is 526 g/mol. The van der Waals surface area contributed by atoms with Crippen LogP contribution in [0.1, 0.15) is 112 Å². The Morgan fingerprint density at radius 2 is 1.60 bits per heavy atom. The van der Waals surface area contributed by atoms with Crippen molar-refractivity contribution in [2.75, 3.05) is 6.54 Å². The van der Waals surface area contributed by atoms with Crippen LogP contribution in [-0.2, 0) is 20.8 Å². The van der Waals surface area contributed by atoms with Gasteiger partial charge in [-0.3, -0.25) is 14.4 Å². The molecular formula is C35H59N3O4. The Labute approximate surface area is 255 Å². The van der Waals surface area contributed by atoms with Crippen molar-refractivity contribution >= 4 is 17.7 Å². The fourth-order valence-corrected chi connectivity index (χ4v) is 5.99. The zero-order valence-corrected chi connectivity index (χ0v) is 27.4. The molecule has 0 spiro atoms. The van der Waals surface area contributed by atoms with Gasteiger partial charge < -0.3 is 21.1 Å². The number of rotatable bonds is 16. The van der Waals surface area contributed by atoms with E-state index in [2.05, 4.69) is 16.0 Å². The maximum absolute atomic E-state index is 13.7. The Balaban J connectivity index is 2.10. The third kappa shape index (κ3) is 12.8. The zero-order valence-electron chi connectivity index (χ0n) is 27.4. The van der Waals surface area contributed by atoms with Crippen LogP contribution < -0.4 is 16.0 Å². The molecule has 0 heterocycles. The first kappa shape index (κ1) is 35.8. The fraction of sp³-hybridized carbons (Fsp3) is 0.743. The smallest absolute Gasteiger partial charge is 0.242 e. The van der Waals surface area contributed by atoms with E-state index >= 15 is 0 Å². The molecule has 7 heteroatoms. The summed E-state index contributed by atoms with van der Waals surface area (Å²) in [5.74, 6) is -0.563. The SMILES string of the molecule is CC[C@@H](C)[C@H](NC(=O)[C@H](C[C@H](O)[C@H](CC1CCCCC1)NC(=O)CC(C)(C)C)C(C)C)C(=O)NCCc1ccccc1. The molecule has 0 unspecified atom stereocenters. The quantitative estimate of drug-likeness (QED) is 0.197. The molecule has 3 amide bonds. The van der Waals surface area contributed by atoms with Crippen molar-refractivity contribution in [2.45, 2.75) is 131 Å². The highest BCUT2D eigenvalue weighted by molar-refractivity contribution is 5.88. The Morgan fingerprint density at radius 3 is 2.17 bits per heavy atom. The average Bonchev–Trinajstić information content (AvgIpc) is 2.93. The molecule has 42 heavy (non-hydrogen) atoms. The molecule has 4 N–H and O–H groups in total. The van der Waals surface area contributed by atoms with Gasteiger partial charge in [-0.05, 0) is 48.0 Å². The number of amides is 3. The molecule has 1 aliphatic carbocycles. The highest BCUT2D eigenvalue weighted by Crippen LogP contribution is 2.30. The van der Waals surface area contributed by atoms with Gasteiger partial charge in [-0.15, -0.1) is 0 Å². The Morgan fingerprint density at radius 1 is 0.952 bits per heavy atom. The number of hydrogen-bond donors (Lipinski definition) is 4. The minimum Gasteiger partial charge on any atom is -0.391 e. The van der Waals surface area contributed by atoms with E-state index in [1.165, 1.54) is 19.3 Å². The number of aliphatic hydroxyl groups is 1. The lowest BCUT2D eigenvalue weighted by atomic mass is 9.80. The molecule has 1 fully saturated rings. The lowest BCUT2D eigenvalue weighted by Gasteiger charge is -2.33. The van der Waals surface area contributed by atoms with E-state index in [0.29, 0.717) is 18.9 Å². The monoisotopic (exact) mass is 585 g/mol. The van der Waals surface area contributed by atoms with Gasteiger partial charge in [-0.1, -0.05) is 117 Å². The van der Waals surface area contributed by atoms with E-state index in [4.69, 9.17) is 0 Å². The third-order valence-electron chi connectivity index (χ3n) is 8.80. The van der Waals surface area contributed by atoms with Crippen LogP contribution in [0.25, 0.3) is 0 Å². The van der Waals surface area contributed by atoms with Gasteiger partial charge in [0.15, 0.2) is 0 Å². The first-order chi connectivity index (χ1) is 19.8. The number of carbonyl (C=O) groups excluding carboxylic acids is 3. The summed E-state index contributed by atoms with van der Waals surface area (Å²) >= 11 is 0. The van der Waals surface area contributed by atoms with Gasteiger partial charge in [-0.2, -0.15) is 0 Å². The molecule has 0 radical (unpaired) electrons. The Bertz CT molecular complexity index is 953. The maximum Gasteiger partial charge on any atom is 0.242 e. The molecule has 7 nitrogen and oxygen atoms in total. The standard InChI is InChI=1S/C35H59N3O4/c1-8-25(4)32(34(42)36-20-19-26-15-11-9-12-16-26)38-33(41)28(24(2)3)22-30(39)29(21-27-17-13-10-14-18-27)37-31(40)23-35(5,6)7/h9,11-12,15-16,24-25,27-30,32,39H,8,10,13-14,17-23H2,1-7H3,(H,36,42)(H,37,40)(H,38,41)/t25-,28-,29+,30+,32+/m1/s1. The van der Waals surface area contributed by atoms with Crippen molar-refractivity contribution in [3.8, 4) is 0 Å². The summed E-state index contributed by atoms with van der Waals surface area (Å²) in [7, 11) is 0. The number of nitrogens with one attached hydrogen (secondary N) is 3. The minimum atomic E-state index is -0.851. The van der Waals surface area contributed by atoms with Gasteiger partial charge in [0.2, 0.25) is 17.7 Å². The lowest BCUT2D eigenvalue weighted by Crippen LogP contribution is -2.53. The molecule has 1 aliphatic rings. The van der Waals surface area contributed by atoms with Gasteiger partial charge in [-0.25, -0.2) is 0 Å². The highest BCUT2D eigenvalue weighted by atomic mass is 16.3. The summed E-state index contributed by atoms with van der Waals surface area (Å²) < 4.78 is 0. The largest absolute Gasteiger partial charge is 0.391 e. The maximum atomic E-state index is 13.7. The second-order valence-electron chi connectivity index (χ2n) is 14.2. The second kappa shape index (κ2) is 17.6. The minimum absolute atomic E-state index is 0.0425. The molecule has 0 bridgehead atoms. The fourth-order valence-electron chi connectivity index (χ4n) is 5.99. The molecule has 2 rings (SSSR count). The summed E-state index contributed by atoms with van der Waals surface area (Å²) in [5.41, 5.74) is 0.991.